The second kappa shape index (κ2) is 8.11. The summed E-state index contributed by atoms with van der Waals surface area (Å²) in [6.45, 7) is 6.25. The van der Waals surface area contributed by atoms with Gasteiger partial charge < -0.3 is 35.0 Å². The van der Waals surface area contributed by atoms with Gasteiger partial charge in [-0.25, -0.2) is 0 Å². The molecule has 2 rings (SSSR count). The zero-order valence-electron chi connectivity index (χ0n) is 16.1. The first-order chi connectivity index (χ1) is 12.4. The molecule has 1 heterocycles. The number of carbonyl (C=O) groups is 1. The summed E-state index contributed by atoms with van der Waals surface area (Å²) in [5.74, 6) is -0.172. The highest BCUT2D eigenvalue weighted by Gasteiger charge is 2.49. The first-order valence-electron chi connectivity index (χ1n) is 9.05. The highest BCUT2D eigenvalue weighted by atomic mass is 16.7. The van der Waals surface area contributed by atoms with Crippen LogP contribution in [0.1, 0.15) is 40.5 Å². The summed E-state index contributed by atoms with van der Waals surface area (Å²) < 4.78 is 11.2. The number of ketones is 1. The van der Waals surface area contributed by atoms with Gasteiger partial charge in [-0.05, 0) is 25.7 Å². The molecule has 0 aromatic carbocycles. The predicted molar refractivity (Wildman–Crippen MR) is 94.6 cm³/mol. The summed E-state index contributed by atoms with van der Waals surface area (Å²) in [6.07, 6.45) is -5.40. The van der Waals surface area contributed by atoms with Crippen LogP contribution in [0.3, 0.4) is 0 Å². The Labute approximate surface area is 158 Å². The first-order valence-corrected chi connectivity index (χ1v) is 9.05. The molecule has 0 radical (unpaired) electrons. The molecule has 8 heteroatoms. The fourth-order valence-electron chi connectivity index (χ4n) is 4.01. The summed E-state index contributed by atoms with van der Waals surface area (Å²) in [6, 6.07) is 0. The maximum absolute atomic E-state index is 11.2. The van der Waals surface area contributed by atoms with Crippen LogP contribution in [-0.2, 0) is 14.3 Å². The number of rotatable bonds is 4. The van der Waals surface area contributed by atoms with Crippen molar-refractivity contribution in [1.82, 2.24) is 0 Å². The molecular formula is C19H30O8. The lowest BCUT2D eigenvalue weighted by Crippen LogP contribution is -2.60. The molecule has 0 aromatic rings. The Bertz CT molecular complexity index is 597. The number of aliphatic hydroxyl groups excluding tert-OH is 4. The average Bonchev–Trinajstić information content (AvgIpc) is 2.52. The summed E-state index contributed by atoms with van der Waals surface area (Å²) in [7, 11) is 0. The van der Waals surface area contributed by atoms with Crippen LogP contribution >= 0.6 is 0 Å². The van der Waals surface area contributed by atoms with E-state index in [-0.39, 0.29) is 12.2 Å². The standard InChI is InChI=1S/C19H30O8/c1-10(21)5-6-13-18(2,3)7-11(8-19(13,4)25)26-17-16(24)15(23)14(22)12(9-20)27-17/h5,11-12,14-17,20,22-25H,7-9H2,1-4H3/t6?,11-,12-,14-,15+,16-,17-,19+/m0/s1. The number of hydrogen-bond donors (Lipinski definition) is 5. The second-order valence-corrected chi connectivity index (χ2v) is 8.30. The number of hydrogen-bond acceptors (Lipinski definition) is 8. The van der Waals surface area contributed by atoms with Gasteiger partial charge in [-0.1, -0.05) is 13.8 Å². The zero-order valence-corrected chi connectivity index (χ0v) is 16.1. The molecule has 5 N–H and O–H groups in total. The quantitative estimate of drug-likeness (QED) is 0.320. The Morgan fingerprint density at radius 2 is 1.85 bits per heavy atom. The smallest absolute Gasteiger partial charge is 0.186 e. The minimum atomic E-state index is -1.52. The summed E-state index contributed by atoms with van der Waals surface area (Å²) >= 11 is 0. The molecule has 8 nitrogen and oxygen atoms in total. The van der Waals surface area contributed by atoms with Gasteiger partial charge in [0, 0.05) is 18.1 Å². The van der Waals surface area contributed by atoms with Crippen molar-refractivity contribution in [3.63, 3.8) is 0 Å². The number of carbonyl (C=O) groups excluding carboxylic acids is 1. The van der Waals surface area contributed by atoms with E-state index in [1.54, 1.807) is 6.92 Å². The van der Waals surface area contributed by atoms with E-state index in [2.05, 4.69) is 5.73 Å². The van der Waals surface area contributed by atoms with Crippen LogP contribution < -0.4 is 0 Å². The topological polar surface area (TPSA) is 137 Å². The highest BCUT2D eigenvalue weighted by molar-refractivity contribution is 5.87. The van der Waals surface area contributed by atoms with Crippen LogP contribution in [0.5, 0.6) is 0 Å². The molecular weight excluding hydrogens is 356 g/mol. The van der Waals surface area contributed by atoms with Crippen molar-refractivity contribution >= 4 is 5.78 Å². The minimum absolute atomic E-state index is 0.166. The Morgan fingerprint density at radius 3 is 2.37 bits per heavy atom. The predicted octanol–water partition coefficient (Wildman–Crippen LogP) is -0.587. The lowest BCUT2D eigenvalue weighted by molar-refractivity contribution is -0.316. The molecule has 0 aromatic heterocycles. The van der Waals surface area contributed by atoms with E-state index in [1.807, 2.05) is 13.8 Å². The van der Waals surface area contributed by atoms with Gasteiger partial charge in [0.05, 0.1) is 18.3 Å². The van der Waals surface area contributed by atoms with Crippen molar-refractivity contribution in [2.45, 2.75) is 82.9 Å². The molecule has 1 saturated carbocycles. The van der Waals surface area contributed by atoms with Gasteiger partial charge in [0.25, 0.3) is 0 Å². The number of aliphatic hydroxyl groups is 5. The molecule has 2 aliphatic rings. The fraction of sp³-hybridized carbons (Fsp3) is 0.789. The second-order valence-electron chi connectivity index (χ2n) is 8.30. The highest BCUT2D eigenvalue weighted by Crippen LogP contribution is 2.46. The third-order valence-corrected chi connectivity index (χ3v) is 5.17. The lowest BCUT2D eigenvalue weighted by atomic mass is 9.65. The molecule has 7 atom stereocenters. The Balaban J connectivity index is 2.20. The minimum Gasteiger partial charge on any atom is -0.394 e. The van der Waals surface area contributed by atoms with Gasteiger partial charge >= 0.3 is 0 Å². The van der Waals surface area contributed by atoms with Gasteiger partial charge in [-0.2, -0.15) is 0 Å². The lowest BCUT2D eigenvalue weighted by Gasteiger charge is -2.47. The molecule has 1 aliphatic carbocycles. The van der Waals surface area contributed by atoms with Gasteiger partial charge in [0.1, 0.15) is 24.4 Å². The van der Waals surface area contributed by atoms with Crippen molar-refractivity contribution < 1.29 is 39.8 Å². The van der Waals surface area contributed by atoms with Crippen LogP contribution in [0, 0.1) is 5.41 Å². The van der Waals surface area contributed by atoms with Gasteiger partial charge in [0.15, 0.2) is 12.1 Å². The van der Waals surface area contributed by atoms with Crippen LogP contribution in [-0.4, -0.2) is 80.3 Å². The van der Waals surface area contributed by atoms with E-state index in [4.69, 9.17) is 9.47 Å². The van der Waals surface area contributed by atoms with Crippen molar-refractivity contribution in [1.29, 1.82) is 0 Å². The maximum atomic E-state index is 11.2. The monoisotopic (exact) mass is 386 g/mol. The van der Waals surface area contributed by atoms with E-state index in [1.165, 1.54) is 13.0 Å². The average molecular weight is 386 g/mol. The van der Waals surface area contributed by atoms with E-state index in [9.17, 15) is 30.3 Å². The fourth-order valence-corrected chi connectivity index (χ4v) is 4.01. The van der Waals surface area contributed by atoms with E-state index in [0.29, 0.717) is 12.0 Å². The first kappa shape index (κ1) is 22.2. The summed E-state index contributed by atoms with van der Waals surface area (Å²) in [5, 5.41) is 50.1. The Morgan fingerprint density at radius 1 is 1.22 bits per heavy atom. The largest absolute Gasteiger partial charge is 0.394 e. The van der Waals surface area contributed by atoms with Crippen molar-refractivity contribution in [2.75, 3.05) is 6.61 Å². The molecule has 154 valence electrons. The molecule has 0 bridgehead atoms. The Hall–Kier alpha value is -1.09. The van der Waals surface area contributed by atoms with Gasteiger partial charge in [0.2, 0.25) is 0 Å². The summed E-state index contributed by atoms with van der Waals surface area (Å²) in [4.78, 5) is 11.2. The zero-order chi connectivity index (χ0) is 20.6. The van der Waals surface area contributed by atoms with Gasteiger partial charge in [-0.15, -0.1) is 5.73 Å². The molecule has 1 aliphatic heterocycles. The molecule has 0 unspecified atom stereocenters. The number of ether oxygens (including phenoxy) is 2. The van der Waals surface area contributed by atoms with Crippen LogP contribution in [0.15, 0.2) is 17.4 Å². The van der Waals surface area contributed by atoms with Crippen molar-refractivity contribution in [2.24, 2.45) is 5.41 Å². The molecule has 27 heavy (non-hydrogen) atoms. The molecule has 1 saturated heterocycles. The van der Waals surface area contributed by atoms with Crippen LogP contribution in [0.4, 0.5) is 0 Å². The summed E-state index contributed by atoms with van der Waals surface area (Å²) in [5.41, 5.74) is 1.65. The molecule has 0 spiro atoms. The third kappa shape index (κ3) is 4.85. The Kier molecular flexibility index (Phi) is 6.67. The normalized spacial score (nSPS) is 41.7. The SMILES string of the molecule is CC(=O)C=C=C1C(C)(C)C[C@H](O[C@H]2O[C@@H](CO)[C@H](O)[C@@H](O)[C@@H]2O)C[C@@]1(C)O. The third-order valence-electron chi connectivity index (χ3n) is 5.17. The van der Waals surface area contributed by atoms with Crippen LogP contribution in [0.25, 0.3) is 0 Å². The van der Waals surface area contributed by atoms with E-state index in [0.717, 1.165) is 0 Å². The van der Waals surface area contributed by atoms with E-state index >= 15 is 0 Å². The van der Waals surface area contributed by atoms with Crippen molar-refractivity contribution in [3.8, 4) is 0 Å². The van der Waals surface area contributed by atoms with Crippen molar-refractivity contribution in [3.05, 3.63) is 17.4 Å². The van der Waals surface area contributed by atoms with Crippen LogP contribution in [0.2, 0.25) is 0 Å². The van der Waals surface area contributed by atoms with E-state index < -0.39 is 54.4 Å². The molecule has 0 amide bonds. The molecule has 2 fully saturated rings. The maximum Gasteiger partial charge on any atom is 0.186 e. The van der Waals surface area contributed by atoms with Gasteiger partial charge in [-0.3, -0.25) is 4.79 Å².